The van der Waals surface area contributed by atoms with Crippen molar-refractivity contribution in [1.82, 2.24) is 72.1 Å². The molecule has 0 radical (unpaired) electrons. The van der Waals surface area contributed by atoms with Crippen molar-refractivity contribution in [2.24, 2.45) is 17.6 Å². The zero-order valence-electron chi connectivity index (χ0n) is 40.9. The first kappa shape index (κ1) is 53.4. The highest BCUT2D eigenvalue weighted by Gasteiger charge is 2.31. The smallest absolute Gasteiger partial charge is 0.271 e. The third-order valence-electron chi connectivity index (χ3n) is 11.3. The molecule has 1 aliphatic heterocycles. The van der Waals surface area contributed by atoms with E-state index < -0.39 is 41.8 Å². The second-order valence-corrected chi connectivity index (χ2v) is 23.1. The Bertz CT molecular complexity index is 3240. The molecule has 4 unspecified atom stereocenters. The minimum atomic E-state index is -0.942. The number of nitrogens with zero attached hydrogens (tertiary/aromatic N) is 7. The first-order valence-electron chi connectivity index (χ1n) is 23.1. The van der Waals surface area contributed by atoms with E-state index >= 15 is 0 Å². The number of thiazole rings is 6. The Hall–Kier alpha value is -6.91. The molecule has 0 saturated carbocycles. The van der Waals surface area contributed by atoms with Crippen LogP contribution in [0.15, 0.2) is 51.4 Å². The van der Waals surface area contributed by atoms with E-state index in [2.05, 4.69) is 52.2 Å². The second-order valence-electron chi connectivity index (χ2n) is 17.5. The summed E-state index contributed by atoms with van der Waals surface area (Å²) in [6, 6.07) is 1.30. The normalized spacial score (nSPS) is 17.1. The van der Waals surface area contributed by atoms with Crippen molar-refractivity contribution in [2.45, 2.75) is 72.1 Å². The summed E-state index contributed by atoms with van der Waals surface area (Å²) >= 11 is 7.53. The first-order chi connectivity index (χ1) is 35.5. The molecule has 9 N–H and O–H groups in total. The van der Waals surface area contributed by atoms with Crippen LogP contribution in [0.1, 0.15) is 121 Å². The van der Waals surface area contributed by atoms with E-state index in [9.17, 15) is 28.8 Å². The molecule has 1 aliphatic rings. The number of fused-ring (bicyclic) bond motifs is 14. The number of hydrogen-bond donors (Lipinski definition) is 8. The lowest BCUT2D eigenvalue weighted by Gasteiger charge is -2.20. The van der Waals surface area contributed by atoms with Crippen LogP contribution < -0.4 is 43.0 Å². The van der Waals surface area contributed by atoms with Gasteiger partial charge in [-0.25, -0.2) is 34.9 Å². The number of hydrogen-bond acceptors (Lipinski definition) is 21. The van der Waals surface area contributed by atoms with Crippen molar-refractivity contribution in [2.75, 3.05) is 20.1 Å². The molecule has 0 spiro atoms. The molecule has 8 heterocycles. The maximum Gasteiger partial charge on any atom is 0.271 e. The molecule has 7 aromatic heterocycles. The van der Waals surface area contributed by atoms with E-state index in [0.717, 1.165) is 0 Å². The summed E-state index contributed by atoms with van der Waals surface area (Å²) in [6.45, 7) is 11.4. The summed E-state index contributed by atoms with van der Waals surface area (Å²) in [5.41, 5.74) is 8.37. The number of pyridine rings is 1. The van der Waals surface area contributed by atoms with Gasteiger partial charge in [0.1, 0.15) is 69.9 Å². The number of nitrogens with one attached hydrogen (secondary N) is 7. The van der Waals surface area contributed by atoms with Crippen LogP contribution in [0.2, 0.25) is 0 Å². The number of carbonyl (C=O) groups excluding carboxylic acids is 6. The van der Waals surface area contributed by atoms with Gasteiger partial charge in [-0.15, -0.1) is 68.0 Å². The molecule has 6 amide bonds. The number of amides is 6. The van der Waals surface area contributed by atoms with Crippen molar-refractivity contribution >= 4 is 103 Å². The Labute approximate surface area is 448 Å². The predicted molar refractivity (Wildman–Crippen MR) is 288 cm³/mol. The fourth-order valence-corrected chi connectivity index (χ4v) is 12.8. The van der Waals surface area contributed by atoms with Gasteiger partial charge in [-0.1, -0.05) is 27.7 Å². The number of nitrogens with two attached hydrogens (primary N) is 1. The highest BCUT2D eigenvalue weighted by molar-refractivity contribution is 7.15. The second kappa shape index (κ2) is 23.5. The summed E-state index contributed by atoms with van der Waals surface area (Å²) in [5, 5.41) is 31.6. The fraction of sp³-hybridized carbons (Fsp3) is 0.340. The van der Waals surface area contributed by atoms with Crippen LogP contribution in [0.4, 0.5) is 0 Å². The molecule has 8 rings (SSSR count). The Morgan fingerprint density at radius 2 is 1.32 bits per heavy atom. The molecule has 0 aliphatic carbocycles. The molecule has 7 aromatic rings. The van der Waals surface area contributed by atoms with Crippen molar-refractivity contribution in [3.63, 3.8) is 0 Å². The zero-order valence-corrected chi connectivity index (χ0v) is 45.8. The van der Waals surface area contributed by atoms with Gasteiger partial charge in [0.05, 0.1) is 36.8 Å². The van der Waals surface area contributed by atoms with E-state index in [1.54, 1.807) is 35.3 Å². The van der Waals surface area contributed by atoms with Crippen molar-refractivity contribution in [3.05, 3.63) is 94.1 Å². The molecule has 0 fully saturated rings. The topological polar surface area (TPSA) is 303 Å². The molecular weight excluding hydrogens is 1060 g/mol. The Morgan fingerprint density at radius 1 is 0.689 bits per heavy atom. The molecule has 0 aromatic carbocycles. The quantitative estimate of drug-likeness (QED) is 0.0753. The van der Waals surface area contributed by atoms with Crippen LogP contribution in [0, 0.1) is 18.8 Å². The summed E-state index contributed by atoms with van der Waals surface area (Å²) in [6.07, 6.45) is 2.77. The lowest BCUT2D eigenvalue weighted by molar-refractivity contribution is -0.122. The lowest BCUT2D eigenvalue weighted by atomic mass is 10.0. The zero-order chi connectivity index (χ0) is 52.8. The van der Waals surface area contributed by atoms with Gasteiger partial charge in [-0.3, -0.25) is 28.8 Å². The van der Waals surface area contributed by atoms with Gasteiger partial charge in [0.15, 0.2) is 0 Å². The molecule has 386 valence electrons. The van der Waals surface area contributed by atoms with E-state index in [4.69, 9.17) is 25.7 Å². The SMILES string of the molecule is CNC(=O)CC1NC(=O)c2csc(n2)-c2ccc(-c3nc(C(=O)NC(C)CNC=CN)cs3)nc2-c2csc(n2)-c2csc(n2)C(C(C)C)NC(=O)CNC(=O)c2csc(n2)C(C(C)C)NC(=O)c2nc1sc2C. The van der Waals surface area contributed by atoms with Gasteiger partial charge in [0, 0.05) is 69.4 Å². The molecule has 4 atom stereocenters. The van der Waals surface area contributed by atoms with Crippen LogP contribution in [0.5, 0.6) is 0 Å². The average Bonchev–Trinajstić information content (AvgIpc) is 4.24. The fourth-order valence-electron chi connectivity index (χ4n) is 7.38. The molecule has 74 heavy (non-hydrogen) atoms. The summed E-state index contributed by atoms with van der Waals surface area (Å²) in [4.78, 5) is 115. The van der Waals surface area contributed by atoms with Gasteiger partial charge >= 0.3 is 0 Å². The van der Waals surface area contributed by atoms with Crippen LogP contribution >= 0.6 is 68.0 Å². The van der Waals surface area contributed by atoms with Crippen LogP contribution in [-0.2, 0) is 9.59 Å². The minimum absolute atomic E-state index is 0.0632. The van der Waals surface area contributed by atoms with Gasteiger partial charge in [0.2, 0.25) is 11.8 Å². The van der Waals surface area contributed by atoms with Gasteiger partial charge in [-0.2, -0.15) is 0 Å². The number of carbonyl (C=O) groups is 6. The van der Waals surface area contributed by atoms with Gasteiger partial charge < -0.3 is 43.0 Å². The lowest BCUT2D eigenvalue weighted by Crippen LogP contribution is -2.40. The third kappa shape index (κ3) is 12.4. The van der Waals surface area contributed by atoms with Crippen LogP contribution in [0.3, 0.4) is 0 Å². The summed E-state index contributed by atoms with van der Waals surface area (Å²) in [5.74, 6) is -3.05. The molecular formula is C47H51N15O6S6. The monoisotopic (exact) mass is 1110 g/mol. The molecule has 0 saturated heterocycles. The van der Waals surface area contributed by atoms with E-state index in [0.29, 0.717) is 69.8 Å². The van der Waals surface area contributed by atoms with Crippen molar-refractivity contribution < 1.29 is 28.8 Å². The van der Waals surface area contributed by atoms with Gasteiger partial charge in [-0.05, 0) is 37.8 Å². The highest BCUT2D eigenvalue weighted by Crippen LogP contribution is 2.39. The number of aryl methyl sites for hydroxylation is 1. The van der Waals surface area contributed by atoms with Gasteiger partial charge in [0.25, 0.3) is 23.6 Å². The van der Waals surface area contributed by atoms with E-state index in [1.807, 2.05) is 51.4 Å². The summed E-state index contributed by atoms with van der Waals surface area (Å²) < 4.78 is 0. The average molecular weight is 1110 g/mol. The Kier molecular flexibility index (Phi) is 17.0. The number of rotatable bonds is 10. The Balaban J connectivity index is 1.17. The standard InChI is InChI=1S/C47H51N15O6S6/c1-20(2)34-46-59-31(19-73-46)44-55-27(15-70-44)37-24(8-9-25(53-37)43-57-29(18-71-43)39(66)52-22(5)13-50-11-10-48)42-56-30(17-69-42)40(67)54-26(12-32(63)49-7)45-62-36(23(6)74-45)41(68)61-35(21(3)4)47-58-28(16-72-47)38(65)51-14-33(64)60-34/h8-11,15-22,26,34-35,50H,12-14,48H2,1-7H3,(H,49,63)(H,51,65)(H,52,66)(H,54,67)(H,60,64)(H,61,68). The largest absolute Gasteiger partial charge is 0.403 e. The van der Waals surface area contributed by atoms with E-state index in [-0.39, 0.29) is 65.4 Å². The summed E-state index contributed by atoms with van der Waals surface area (Å²) in [7, 11) is 1.49. The Morgan fingerprint density at radius 3 is 2.05 bits per heavy atom. The predicted octanol–water partition coefficient (Wildman–Crippen LogP) is 6.23. The molecule has 21 nitrogen and oxygen atoms in total. The number of aromatic nitrogens is 7. The highest BCUT2D eigenvalue weighted by atomic mass is 32.1. The van der Waals surface area contributed by atoms with Crippen LogP contribution in [-0.4, -0.2) is 96.5 Å². The maximum absolute atomic E-state index is 14.2. The maximum atomic E-state index is 14.2. The first-order valence-corrected chi connectivity index (χ1v) is 28.3. The third-order valence-corrected chi connectivity index (χ3v) is 16.8. The molecule has 10 bridgehead atoms. The molecule has 27 heteroatoms. The minimum Gasteiger partial charge on any atom is -0.403 e. The van der Waals surface area contributed by atoms with Crippen molar-refractivity contribution in [3.8, 4) is 43.4 Å². The van der Waals surface area contributed by atoms with Crippen molar-refractivity contribution in [1.29, 1.82) is 0 Å². The van der Waals surface area contributed by atoms with E-state index in [1.165, 1.54) is 81.3 Å². The van der Waals surface area contributed by atoms with Crippen LogP contribution in [0.25, 0.3) is 43.4 Å².